The highest BCUT2D eigenvalue weighted by molar-refractivity contribution is 5.79. The van der Waals surface area contributed by atoms with Crippen molar-refractivity contribution in [2.45, 2.75) is 37.4 Å². The molecule has 1 N–H and O–H groups in total. The molecule has 3 saturated heterocycles. The molecule has 0 radical (unpaired) electrons. The summed E-state index contributed by atoms with van der Waals surface area (Å²) in [5.74, 6) is 0.811. The Kier molecular flexibility index (Phi) is 5.11. The fourth-order valence-electron chi connectivity index (χ4n) is 4.50. The van der Waals surface area contributed by atoms with Crippen molar-refractivity contribution in [2.75, 3.05) is 46.5 Å². The molecular formula is C19H28N4O3. The van der Waals surface area contributed by atoms with Crippen molar-refractivity contribution in [1.29, 1.82) is 0 Å². The van der Waals surface area contributed by atoms with Crippen LogP contribution in [0, 0.1) is 0 Å². The van der Waals surface area contributed by atoms with Crippen molar-refractivity contribution in [1.82, 2.24) is 20.1 Å². The number of aromatic nitrogens is 1. The molecule has 7 heteroatoms. The zero-order valence-electron chi connectivity index (χ0n) is 15.4. The van der Waals surface area contributed by atoms with E-state index in [9.17, 15) is 4.79 Å². The van der Waals surface area contributed by atoms with Crippen LogP contribution < -0.4 is 10.1 Å². The normalized spacial score (nSPS) is 28.4. The zero-order valence-corrected chi connectivity index (χ0v) is 15.4. The van der Waals surface area contributed by atoms with E-state index in [1.807, 2.05) is 12.1 Å². The summed E-state index contributed by atoms with van der Waals surface area (Å²) in [4.78, 5) is 21.4. The highest BCUT2D eigenvalue weighted by Crippen LogP contribution is 2.33. The van der Waals surface area contributed by atoms with Crippen LogP contribution in [0.3, 0.4) is 0 Å². The van der Waals surface area contributed by atoms with E-state index in [4.69, 9.17) is 9.47 Å². The van der Waals surface area contributed by atoms with Gasteiger partial charge in [-0.2, -0.15) is 0 Å². The number of rotatable bonds is 4. The number of pyridine rings is 1. The predicted molar refractivity (Wildman–Crippen MR) is 97.0 cm³/mol. The van der Waals surface area contributed by atoms with Crippen molar-refractivity contribution in [3.05, 3.63) is 23.9 Å². The fourth-order valence-corrected chi connectivity index (χ4v) is 4.50. The molecule has 3 fully saturated rings. The van der Waals surface area contributed by atoms with Gasteiger partial charge in [-0.1, -0.05) is 6.07 Å². The molecule has 26 heavy (non-hydrogen) atoms. The van der Waals surface area contributed by atoms with Crippen LogP contribution in [0.25, 0.3) is 0 Å². The number of nitrogens with one attached hydrogen (secondary N) is 1. The topological polar surface area (TPSA) is 66.9 Å². The van der Waals surface area contributed by atoms with E-state index in [2.05, 4.69) is 26.2 Å². The first-order chi connectivity index (χ1) is 12.7. The first kappa shape index (κ1) is 17.7. The lowest BCUT2D eigenvalue weighted by Crippen LogP contribution is -2.67. The molecule has 4 rings (SSSR count). The van der Waals surface area contributed by atoms with Gasteiger partial charge < -0.3 is 14.8 Å². The quantitative estimate of drug-likeness (QED) is 0.850. The number of piperidine rings is 1. The molecule has 7 nitrogen and oxygen atoms in total. The number of ether oxygens (including phenoxy) is 2. The van der Waals surface area contributed by atoms with Gasteiger partial charge in [-0.25, -0.2) is 4.98 Å². The molecule has 3 aliphatic heterocycles. The average molecular weight is 360 g/mol. The zero-order chi connectivity index (χ0) is 18.0. The summed E-state index contributed by atoms with van der Waals surface area (Å²) in [7, 11) is 1.65. The van der Waals surface area contributed by atoms with Crippen LogP contribution in [0.4, 0.5) is 0 Å². The molecular weight excluding hydrogens is 332 g/mol. The summed E-state index contributed by atoms with van der Waals surface area (Å²) in [6, 6.07) is 6.37. The van der Waals surface area contributed by atoms with E-state index >= 15 is 0 Å². The van der Waals surface area contributed by atoms with Crippen LogP contribution in [-0.2, 0) is 16.1 Å². The third-order valence-corrected chi connectivity index (χ3v) is 5.99. The summed E-state index contributed by atoms with van der Waals surface area (Å²) >= 11 is 0. The Balaban J connectivity index is 1.37. The number of amides is 1. The molecule has 1 aromatic rings. The molecule has 4 heterocycles. The number of carbonyl (C=O) groups is 1. The highest BCUT2D eigenvalue weighted by atomic mass is 16.5. The van der Waals surface area contributed by atoms with Crippen molar-refractivity contribution in [3.8, 4) is 5.88 Å². The molecule has 1 unspecified atom stereocenters. The number of piperazine rings is 1. The molecule has 0 bridgehead atoms. The van der Waals surface area contributed by atoms with Crippen molar-refractivity contribution in [3.63, 3.8) is 0 Å². The SMILES string of the molecule is COc1cccc(CN2CCC(N3CC(=O)NCC34CCOC4)CC2)n1. The van der Waals surface area contributed by atoms with Crippen LogP contribution in [-0.4, -0.2) is 78.8 Å². The third-order valence-electron chi connectivity index (χ3n) is 5.99. The molecule has 0 aromatic carbocycles. The lowest BCUT2D eigenvalue weighted by Gasteiger charge is -2.49. The van der Waals surface area contributed by atoms with Crippen LogP contribution >= 0.6 is 0 Å². The Bertz CT molecular complexity index is 639. The second-order valence-electron chi connectivity index (χ2n) is 7.61. The van der Waals surface area contributed by atoms with Gasteiger partial charge >= 0.3 is 0 Å². The van der Waals surface area contributed by atoms with Gasteiger partial charge in [0, 0.05) is 44.9 Å². The predicted octanol–water partition coefficient (Wildman–Crippen LogP) is 0.646. The Morgan fingerprint density at radius 1 is 1.38 bits per heavy atom. The monoisotopic (exact) mass is 360 g/mol. The van der Waals surface area contributed by atoms with Crippen LogP contribution in [0.5, 0.6) is 5.88 Å². The Morgan fingerprint density at radius 2 is 2.23 bits per heavy atom. The van der Waals surface area contributed by atoms with Crippen molar-refractivity contribution >= 4 is 5.91 Å². The van der Waals surface area contributed by atoms with E-state index in [0.717, 1.165) is 64.3 Å². The number of hydrogen-bond acceptors (Lipinski definition) is 6. The molecule has 1 aromatic heterocycles. The minimum Gasteiger partial charge on any atom is -0.481 e. The second-order valence-corrected chi connectivity index (χ2v) is 7.61. The van der Waals surface area contributed by atoms with Gasteiger partial charge in [-0.3, -0.25) is 14.6 Å². The van der Waals surface area contributed by atoms with Gasteiger partial charge in [-0.15, -0.1) is 0 Å². The minimum atomic E-state index is 0.00903. The average Bonchev–Trinajstić information content (AvgIpc) is 3.14. The minimum absolute atomic E-state index is 0.00903. The van der Waals surface area contributed by atoms with E-state index < -0.39 is 0 Å². The number of nitrogens with zero attached hydrogens (tertiary/aromatic N) is 3. The molecule has 1 spiro atoms. The van der Waals surface area contributed by atoms with Crippen LogP contribution in [0.1, 0.15) is 25.0 Å². The number of hydrogen-bond donors (Lipinski definition) is 1. The third kappa shape index (κ3) is 3.56. The Hall–Kier alpha value is -1.70. The Morgan fingerprint density at radius 3 is 2.96 bits per heavy atom. The summed E-state index contributed by atoms with van der Waals surface area (Å²) in [6.07, 6.45) is 3.18. The molecule has 0 saturated carbocycles. The lowest BCUT2D eigenvalue weighted by atomic mass is 9.89. The van der Waals surface area contributed by atoms with E-state index in [1.54, 1.807) is 7.11 Å². The first-order valence-corrected chi connectivity index (χ1v) is 9.52. The van der Waals surface area contributed by atoms with E-state index in [-0.39, 0.29) is 11.4 Å². The summed E-state index contributed by atoms with van der Waals surface area (Å²) < 4.78 is 10.9. The lowest BCUT2D eigenvalue weighted by molar-refractivity contribution is -0.131. The van der Waals surface area contributed by atoms with Gasteiger partial charge in [0.05, 0.1) is 31.5 Å². The summed E-state index contributed by atoms with van der Waals surface area (Å²) in [5.41, 5.74) is 1.05. The van der Waals surface area contributed by atoms with Crippen molar-refractivity contribution < 1.29 is 14.3 Å². The molecule has 3 aliphatic rings. The van der Waals surface area contributed by atoms with Crippen LogP contribution in [0.2, 0.25) is 0 Å². The smallest absolute Gasteiger partial charge is 0.234 e. The fraction of sp³-hybridized carbons (Fsp3) is 0.684. The highest BCUT2D eigenvalue weighted by Gasteiger charge is 2.47. The molecule has 1 atom stereocenters. The molecule has 1 amide bonds. The standard InChI is InChI=1S/C19H28N4O3/c1-25-18-4-2-3-15(21-18)11-22-8-5-16(6-9-22)23-12-17(24)20-13-19(23)7-10-26-14-19/h2-4,16H,5-14H2,1H3,(H,20,24). The summed E-state index contributed by atoms with van der Waals surface area (Å²) in [6.45, 7) is 5.66. The van der Waals surface area contributed by atoms with Gasteiger partial charge in [0.15, 0.2) is 0 Å². The molecule has 142 valence electrons. The van der Waals surface area contributed by atoms with E-state index in [1.165, 1.54) is 0 Å². The first-order valence-electron chi connectivity index (χ1n) is 9.52. The number of methoxy groups -OCH3 is 1. The summed E-state index contributed by atoms with van der Waals surface area (Å²) in [5, 5.41) is 3.04. The van der Waals surface area contributed by atoms with Crippen molar-refractivity contribution in [2.24, 2.45) is 0 Å². The maximum atomic E-state index is 12.0. The van der Waals surface area contributed by atoms with E-state index in [0.29, 0.717) is 18.5 Å². The van der Waals surface area contributed by atoms with Gasteiger partial charge in [0.2, 0.25) is 11.8 Å². The Labute approximate surface area is 154 Å². The van der Waals surface area contributed by atoms with Gasteiger partial charge in [0.1, 0.15) is 0 Å². The second kappa shape index (κ2) is 7.50. The number of carbonyl (C=O) groups excluding carboxylic acids is 1. The van der Waals surface area contributed by atoms with Gasteiger partial charge in [-0.05, 0) is 25.3 Å². The molecule has 0 aliphatic carbocycles. The van der Waals surface area contributed by atoms with Gasteiger partial charge in [0.25, 0.3) is 0 Å². The number of likely N-dealkylation sites (tertiary alicyclic amines) is 1. The maximum Gasteiger partial charge on any atom is 0.234 e. The maximum absolute atomic E-state index is 12.0. The van der Waals surface area contributed by atoms with Crippen LogP contribution in [0.15, 0.2) is 18.2 Å². The largest absolute Gasteiger partial charge is 0.481 e.